The van der Waals surface area contributed by atoms with E-state index in [4.69, 9.17) is 9.84 Å². The van der Waals surface area contributed by atoms with E-state index in [1.54, 1.807) is 14.0 Å². The quantitative estimate of drug-likeness (QED) is 0.798. The van der Waals surface area contributed by atoms with E-state index in [1.807, 2.05) is 31.2 Å². The molecule has 0 saturated heterocycles. The number of aliphatic carboxylic acids is 1. The highest BCUT2D eigenvalue weighted by molar-refractivity contribution is 5.79. The molecular formula is C15H21NO4. The number of nitrogens with one attached hydrogen (secondary N) is 1. The molecule has 0 aromatic heterocycles. The van der Waals surface area contributed by atoms with Gasteiger partial charge in [0, 0.05) is 12.0 Å². The van der Waals surface area contributed by atoms with Crippen LogP contribution in [0.1, 0.15) is 25.8 Å². The lowest BCUT2D eigenvalue weighted by Crippen LogP contribution is -2.38. The zero-order valence-corrected chi connectivity index (χ0v) is 12.1. The van der Waals surface area contributed by atoms with Crippen LogP contribution in [0.4, 0.5) is 0 Å². The molecule has 0 saturated carbocycles. The van der Waals surface area contributed by atoms with Gasteiger partial charge in [-0.1, -0.05) is 19.1 Å². The summed E-state index contributed by atoms with van der Waals surface area (Å²) in [6.45, 7) is 3.51. The highest BCUT2D eigenvalue weighted by Gasteiger charge is 2.17. The van der Waals surface area contributed by atoms with Crippen LogP contribution in [0.3, 0.4) is 0 Å². The van der Waals surface area contributed by atoms with Gasteiger partial charge in [0.1, 0.15) is 5.75 Å². The summed E-state index contributed by atoms with van der Waals surface area (Å²) in [4.78, 5) is 22.5. The maximum Gasteiger partial charge on any atom is 0.305 e. The van der Waals surface area contributed by atoms with Crippen LogP contribution in [-0.4, -0.2) is 30.1 Å². The number of carbonyl (C=O) groups excluding carboxylic acids is 1. The molecule has 0 heterocycles. The highest BCUT2D eigenvalue weighted by atomic mass is 16.5. The molecule has 0 aliphatic carbocycles. The zero-order valence-electron chi connectivity index (χ0n) is 12.1. The van der Waals surface area contributed by atoms with Crippen molar-refractivity contribution in [3.8, 4) is 5.75 Å². The fourth-order valence-corrected chi connectivity index (χ4v) is 1.91. The Morgan fingerprint density at radius 2 is 1.85 bits per heavy atom. The molecule has 2 N–H and O–H groups in total. The second-order valence-electron chi connectivity index (χ2n) is 4.96. The minimum Gasteiger partial charge on any atom is -0.497 e. The Bertz CT molecular complexity index is 455. The Labute approximate surface area is 118 Å². The van der Waals surface area contributed by atoms with Crippen molar-refractivity contribution in [1.29, 1.82) is 0 Å². The first-order valence-electron chi connectivity index (χ1n) is 6.57. The Morgan fingerprint density at radius 1 is 1.25 bits per heavy atom. The second kappa shape index (κ2) is 7.53. The van der Waals surface area contributed by atoms with Crippen molar-refractivity contribution in [1.82, 2.24) is 5.32 Å². The number of benzene rings is 1. The van der Waals surface area contributed by atoms with Gasteiger partial charge in [0.05, 0.1) is 13.5 Å². The molecule has 1 rings (SSSR count). The van der Waals surface area contributed by atoms with E-state index >= 15 is 0 Å². The summed E-state index contributed by atoms with van der Waals surface area (Å²) >= 11 is 0. The minimum atomic E-state index is -0.916. The molecule has 20 heavy (non-hydrogen) atoms. The number of hydrogen-bond donors (Lipinski definition) is 2. The van der Waals surface area contributed by atoms with Crippen LogP contribution in [-0.2, 0) is 16.0 Å². The number of carbonyl (C=O) groups is 2. The first-order chi connectivity index (χ1) is 9.42. The summed E-state index contributed by atoms with van der Waals surface area (Å²) in [5, 5.41) is 11.4. The van der Waals surface area contributed by atoms with Crippen LogP contribution in [0.2, 0.25) is 0 Å². The van der Waals surface area contributed by atoms with Gasteiger partial charge in [-0.3, -0.25) is 9.59 Å². The smallest absolute Gasteiger partial charge is 0.305 e. The lowest BCUT2D eigenvalue weighted by atomic mass is 10.00. The van der Waals surface area contributed by atoms with E-state index in [9.17, 15) is 9.59 Å². The van der Waals surface area contributed by atoms with Gasteiger partial charge in [-0.2, -0.15) is 0 Å². The van der Waals surface area contributed by atoms with E-state index in [-0.39, 0.29) is 24.3 Å². The molecule has 2 unspecified atom stereocenters. The Morgan fingerprint density at radius 3 is 2.35 bits per heavy atom. The van der Waals surface area contributed by atoms with Gasteiger partial charge in [0.15, 0.2) is 0 Å². The third-order valence-corrected chi connectivity index (χ3v) is 3.02. The van der Waals surface area contributed by atoms with E-state index in [0.717, 1.165) is 11.3 Å². The van der Waals surface area contributed by atoms with Crippen molar-refractivity contribution in [2.75, 3.05) is 7.11 Å². The number of rotatable bonds is 7. The summed E-state index contributed by atoms with van der Waals surface area (Å²) < 4.78 is 5.08. The zero-order chi connectivity index (χ0) is 15.1. The maximum absolute atomic E-state index is 11.9. The van der Waals surface area contributed by atoms with Gasteiger partial charge in [-0.15, -0.1) is 0 Å². The molecule has 0 spiro atoms. The van der Waals surface area contributed by atoms with Crippen LogP contribution in [0, 0.1) is 5.92 Å². The monoisotopic (exact) mass is 279 g/mol. The second-order valence-corrected chi connectivity index (χ2v) is 4.96. The average molecular weight is 279 g/mol. The maximum atomic E-state index is 11.9. The molecule has 1 aromatic carbocycles. The summed E-state index contributed by atoms with van der Waals surface area (Å²) in [5.74, 6) is -0.476. The van der Waals surface area contributed by atoms with Gasteiger partial charge < -0.3 is 15.2 Å². The van der Waals surface area contributed by atoms with Gasteiger partial charge in [0.2, 0.25) is 5.91 Å². The van der Waals surface area contributed by atoms with Gasteiger partial charge in [-0.05, 0) is 31.0 Å². The standard InChI is InChI=1S/C15H21NO4/c1-10(15(19)16-11(2)9-14(17)18)8-12-4-6-13(20-3)7-5-12/h4-7,10-11H,8-9H2,1-3H3,(H,16,19)(H,17,18). The first kappa shape index (κ1) is 16.0. The fourth-order valence-electron chi connectivity index (χ4n) is 1.91. The number of ether oxygens (including phenoxy) is 1. The molecule has 1 amide bonds. The van der Waals surface area contributed by atoms with Gasteiger partial charge in [0.25, 0.3) is 0 Å². The molecule has 2 atom stereocenters. The first-order valence-corrected chi connectivity index (χ1v) is 6.57. The summed E-state index contributed by atoms with van der Waals surface area (Å²) in [6, 6.07) is 7.19. The lowest BCUT2D eigenvalue weighted by Gasteiger charge is -2.16. The van der Waals surface area contributed by atoms with E-state index in [2.05, 4.69) is 5.32 Å². The molecule has 0 fully saturated rings. The van der Waals surface area contributed by atoms with E-state index in [0.29, 0.717) is 6.42 Å². The number of carboxylic acid groups (broad SMARTS) is 1. The highest BCUT2D eigenvalue weighted by Crippen LogP contribution is 2.14. The summed E-state index contributed by atoms with van der Waals surface area (Å²) in [6.07, 6.45) is 0.538. The van der Waals surface area contributed by atoms with Crippen molar-refractivity contribution < 1.29 is 19.4 Å². The van der Waals surface area contributed by atoms with Crippen molar-refractivity contribution in [3.05, 3.63) is 29.8 Å². The number of carboxylic acids is 1. The van der Waals surface area contributed by atoms with Crippen LogP contribution in [0.5, 0.6) is 5.75 Å². The molecule has 0 bridgehead atoms. The predicted molar refractivity (Wildman–Crippen MR) is 75.7 cm³/mol. The van der Waals surface area contributed by atoms with Crippen LogP contribution in [0.15, 0.2) is 24.3 Å². The Hall–Kier alpha value is -2.04. The van der Waals surface area contributed by atoms with Crippen molar-refractivity contribution in [2.24, 2.45) is 5.92 Å². The molecule has 110 valence electrons. The third kappa shape index (κ3) is 5.30. The number of amides is 1. The van der Waals surface area contributed by atoms with Crippen LogP contribution in [0.25, 0.3) is 0 Å². The normalized spacial score (nSPS) is 13.3. The number of methoxy groups -OCH3 is 1. The van der Waals surface area contributed by atoms with Gasteiger partial charge >= 0.3 is 5.97 Å². The fraction of sp³-hybridized carbons (Fsp3) is 0.467. The molecule has 5 heteroatoms. The third-order valence-electron chi connectivity index (χ3n) is 3.02. The molecule has 1 aromatic rings. The summed E-state index contributed by atoms with van der Waals surface area (Å²) in [5.41, 5.74) is 1.04. The molecule has 5 nitrogen and oxygen atoms in total. The Kier molecular flexibility index (Phi) is 6.03. The largest absolute Gasteiger partial charge is 0.497 e. The SMILES string of the molecule is COc1ccc(CC(C)C(=O)NC(C)CC(=O)O)cc1. The van der Waals surface area contributed by atoms with Crippen molar-refractivity contribution in [2.45, 2.75) is 32.7 Å². The Balaban J connectivity index is 2.50. The van der Waals surface area contributed by atoms with Crippen molar-refractivity contribution in [3.63, 3.8) is 0 Å². The average Bonchev–Trinajstić information content (AvgIpc) is 2.38. The molecule has 0 aliphatic rings. The minimum absolute atomic E-state index is 0.0685. The van der Waals surface area contributed by atoms with E-state index < -0.39 is 5.97 Å². The molecule has 0 aliphatic heterocycles. The molecular weight excluding hydrogens is 258 g/mol. The summed E-state index contributed by atoms with van der Waals surface area (Å²) in [7, 11) is 1.61. The van der Waals surface area contributed by atoms with Gasteiger partial charge in [-0.25, -0.2) is 0 Å². The molecule has 0 radical (unpaired) electrons. The predicted octanol–water partition coefficient (Wildman–Crippen LogP) is 1.85. The van der Waals surface area contributed by atoms with E-state index in [1.165, 1.54) is 0 Å². The topological polar surface area (TPSA) is 75.6 Å². The van der Waals surface area contributed by atoms with Crippen LogP contribution >= 0.6 is 0 Å². The van der Waals surface area contributed by atoms with Crippen molar-refractivity contribution >= 4 is 11.9 Å². The number of hydrogen-bond acceptors (Lipinski definition) is 3. The van der Waals surface area contributed by atoms with Crippen LogP contribution < -0.4 is 10.1 Å². The lowest BCUT2D eigenvalue weighted by molar-refractivity contribution is -0.137.